The van der Waals surface area contributed by atoms with Crippen molar-refractivity contribution in [3.05, 3.63) is 65.3 Å². The summed E-state index contributed by atoms with van der Waals surface area (Å²) < 4.78 is 1.65. The Hall–Kier alpha value is -3.15. The van der Waals surface area contributed by atoms with Gasteiger partial charge in [-0.05, 0) is 24.1 Å². The minimum absolute atomic E-state index is 0.0532. The highest BCUT2D eigenvalue weighted by Gasteiger charge is 2.12. The van der Waals surface area contributed by atoms with E-state index in [-0.39, 0.29) is 11.6 Å². The van der Waals surface area contributed by atoms with Crippen molar-refractivity contribution in [1.82, 2.24) is 9.55 Å². The Morgan fingerprint density at radius 3 is 2.56 bits per heavy atom. The van der Waals surface area contributed by atoms with E-state index < -0.39 is 0 Å². The van der Waals surface area contributed by atoms with E-state index in [2.05, 4.69) is 15.6 Å². The number of fused-ring (bicyclic) bond motifs is 1. The number of nitrogens with zero attached hydrogens (tertiary/aromatic N) is 2. The molecule has 1 aromatic carbocycles. The number of hydrogen-bond acceptors (Lipinski definition) is 3. The van der Waals surface area contributed by atoms with Gasteiger partial charge in [0.05, 0.1) is 17.6 Å². The van der Waals surface area contributed by atoms with Gasteiger partial charge in [0.2, 0.25) is 0 Å². The number of aromatic nitrogens is 2. The molecule has 0 aliphatic rings. The standard InChI is InChI=1S/C19H20N4O2/c1-13(2)11-23-12-17(15-7-3-4-8-16(15)18(23)24)22-19(25)21-14-6-5-9-20-10-14/h3-10,12-13H,11H2,1-2H3,(H2,21,22,25). The van der Waals surface area contributed by atoms with Gasteiger partial charge in [0.25, 0.3) is 5.56 Å². The summed E-state index contributed by atoms with van der Waals surface area (Å²) in [6.07, 6.45) is 4.91. The van der Waals surface area contributed by atoms with Crippen LogP contribution in [0.15, 0.2) is 59.8 Å². The Morgan fingerprint density at radius 1 is 1.12 bits per heavy atom. The Balaban J connectivity index is 1.95. The zero-order chi connectivity index (χ0) is 17.8. The molecule has 2 aromatic heterocycles. The van der Waals surface area contributed by atoms with E-state index in [0.717, 1.165) is 0 Å². The number of urea groups is 1. The summed E-state index contributed by atoms with van der Waals surface area (Å²) in [4.78, 5) is 28.9. The first-order valence-corrected chi connectivity index (χ1v) is 8.15. The van der Waals surface area contributed by atoms with Gasteiger partial charge in [-0.15, -0.1) is 0 Å². The molecule has 0 saturated heterocycles. The monoisotopic (exact) mass is 336 g/mol. The summed E-state index contributed by atoms with van der Waals surface area (Å²) in [6.45, 7) is 4.68. The quantitative estimate of drug-likeness (QED) is 0.763. The first-order valence-electron chi connectivity index (χ1n) is 8.15. The van der Waals surface area contributed by atoms with Crippen LogP contribution in [-0.2, 0) is 6.54 Å². The Morgan fingerprint density at radius 2 is 1.88 bits per heavy atom. The van der Waals surface area contributed by atoms with Crippen LogP contribution >= 0.6 is 0 Å². The molecule has 6 heteroatoms. The fourth-order valence-electron chi connectivity index (χ4n) is 2.69. The van der Waals surface area contributed by atoms with Crippen LogP contribution in [0.4, 0.5) is 16.2 Å². The smallest absolute Gasteiger partial charge is 0.313 e. The van der Waals surface area contributed by atoms with Crippen LogP contribution in [0.3, 0.4) is 0 Å². The molecule has 0 bridgehead atoms. The minimum atomic E-state index is -0.382. The average Bonchev–Trinajstić information content (AvgIpc) is 2.59. The SMILES string of the molecule is CC(C)Cn1cc(NC(=O)Nc2cccnc2)c2ccccc2c1=O. The summed E-state index contributed by atoms with van der Waals surface area (Å²) >= 11 is 0. The molecule has 0 spiro atoms. The van der Waals surface area contributed by atoms with Crippen LogP contribution in [0.2, 0.25) is 0 Å². The predicted molar refractivity (Wildman–Crippen MR) is 99.9 cm³/mol. The maximum atomic E-state index is 12.6. The molecule has 0 radical (unpaired) electrons. The Kier molecular flexibility index (Phi) is 4.79. The van der Waals surface area contributed by atoms with Crippen LogP contribution in [0.1, 0.15) is 13.8 Å². The zero-order valence-corrected chi connectivity index (χ0v) is 14.2. The Labute approximate surface area is 145 Å². The molecule has 2 N–H and O–H groups in total. The third-order valence-electron chi connectivity index (χ3n) is 3.72. The highest BCUT2D eigenvalue weighted by atomic mass is 16.2. The number of carbonyl (C=O) groups excluding carboxylic acids is 1. The number of carbonyl (C=O) groups is 1. The van der Waals surface area contributed by atoms with Gasteiger partial charge in [0, 0.05) is 29.7 Å². The van der Waals surface area contributed by atoms with Gasteiger partial charge in [-0.25, -0.2) is 4.79 Å². The summed E-state index contributed by atoms with van der Waals surface area (Å²) in [5.41, 5.74) is 1.14. The van der Waals surface area contributed by atoms with E-state index in [1.54, 1.807) is 41.4 Å². The predicted octanol–water partition coefficient (Wildman–Crippen LogP) is 3.70. The largest absolute Gasteiger partial charge is 0.323 e. The lowest BCUT2D eigenvalue weighted by Crippen LogP contribution is -2.25. The van der Waals surface area contributed by atoms with Crippen LogP contribution in [0.25, 0.3) is 10.8 Å². The molecule has 0 aliphatic carbocycles. The number of hydrogen-bond donors (Lipinski definition) is 2. The van der Waals surface area contributed by atoms with E-state index in [0.29, 0.717) is 34.6 Å². The maximum absolute atomic E-state index is 12.6. The molecule has 128 valence electrons. The molecule has 0 aliphatic heterocycles. The van der Waals surface area contributed by atoms with E-state index in [1.807, 2.05) is 32.0 Å². The van der Waals surface area contributed by atoms with Gasteiger partial charge < -0.3 is 15.2 Å². The van der Waals surface area contributed by atoms with Crippen molar-refractivity contribution in [2.75, 3.05) is 10.6 Å². The molecule has 2 heterocycles. The lowest BCUT2D eigenvalue weighted by atomic mass is 10.1. The molecule has 2 amide bonds. The highest BCUT2D eigenvalue weighted by molar-refractivity contribution is 6.05. The van der Waals surface area contributed by atoms with Crippen molar-refractivity contribution in [1.29, 1.82) is 0 Å². The van der Waals surface area contributed by atoms with E-state index in [1.165, 1.54) is 0 Å². The van der Waals surface area contributed by atoms with Gasteiger partial charge in [-0.1, -0.05) is 32.0 Å². The second-order valence-corrected chi connectivity index (χ2v) is 6.26. The zero-order valence-electron chi connectivity index (χ0n) is 14.2. The fourth-order valence-corrected chi connectivity index (χ4v) is 2.69. The van der Waals surface area contributed by atoms with Gasteiger partial charge in [-0.3, -0.25) is 9.78 Å². The molecule has 0 fully saturated rings. The first-order chi connectivity index (χ1) is 12.0. The molecule has 3 aromatic rings. The molecule has 3 rings (SSSR count). The first kappa shape index (κ1) is 16.7. The van der Waals surface area contributed by atoms with Crippen molar-refractivity contribution in [2.24, 2.45) is 5.92 Å². The van der Waals surface area contributed by atoms with Crippen LogP contribution in [0, 0.1) is 5.92 Å². The van der Waals surface area contributed by atoms with Crippen molar-refractivity contribution in [3.63, 3.8) is 0 Å². The fraction of sp³-hybridized carbons (Fsp3) is 0.211. The summed E-state index contributed by atoms with van der Waals surface area (Å²) in [5, 5.41) is 6.87. The van der Waals surface area contributed by atoms with Crippen LogP contribution in [-0.4, -0.2) is 15.6 Å². The minimum Gasteiger partial charge on any atom is -0.313 e. The number of rotatable bonds is 4. The number of benzene rings is 1. The number of nitrogens with one attached hydrogen (secondary N) is 2. The second-order valence-electron chi connectivity index (χ2n) is 6.26. The lowest BCUT2D eigenvalue weighted by Gasteiger charge is -2.15. The van der Waals surface area contributed by atoms with Gasteiger partial charge in [-0.2, -0.15) is 0 Å². The molecule has 0 unspecified atom stereocenters. The van der Waals surface area contributed by atoms with E-state index in [4.69, 9.17) is 0 Å². The normalized spacial score (nSPS) is 10.8. The summed E-state index contributed by atoms with van der Waals surface area (Å²) in [7, 11) is 0. The van der Waals surface area contributed by atoms with Gasteiger partial charge in [0.1, 0.15) is 0 Å². The third-order valence-corrected chi connectivity index (χ3v) is 3.72. The van der Waals surface area contributed by atoms with Crippen molar-refractivity contribution in [2.45, 2.75) is 20.4 Å². The Bertz CT molecular complexity index is 949. The topological polar surface area (TPSA) is 76.0 Å². The van der Waals surface area contributed by atoms with Crippen molar-refractivity contribution >= 4 is 28.2 Å². The highest BCUT2D eigenvalue weighted by Crippen LogP contribution is 2.21. The van der Waals surface area contributed by atoms with Crippen LogP contribution in [0.5, 0.6) is 0 Å². The average molecular weight is 336 g/mol. The number of anilines is 2. The molecule has 6 nitrogen and oxygen atoms in total. The van der Waals surface area contributed by atoms with Gasteiger partial charge in [0.15, 0.2) is 0 Å². The molecule has 25 heavy (non-hydrogen) atoms. The lowest BCUT2D eigenvalue weighted by molar-refractivity contribution is 0.262. The summed E-state index contributed by atoms with van der Waals surface area (Å²) in [5.74, 6) is 0.316. The van der Waals surface area contributed by atoms with Crippen molar-refractivity contribution < 1.29 is 4.79 Å². The molecular weight excluding hydrogens is 316 g/mol. The van der Waals surface area contributed by atoms with Gasteiger partial charge >= 0.3 is 6.03 Å². The van der Waals surface area contributed by atoms with E-state index >= 15 is 0 Å². The number of amides is 2. The summed E-state index contributed by atoms with van der Waals surface area (Å²) in [6, 6.07) is 10.4. The van der Waals surface area contributed by atoms with Crippen LogP contribution < -0.4 is 16.2 Å². The maximum Gasteiger partial charge on any atom is 0.323 e. The molecule has 0 atom stereocenters. The number of pyridine rings is 2. The van der Waals surface area contributed by atoms with Crippen molar-refractivity contribution in [3.8, 4) is 0 Å². The van der Waals surface area contributed by atoms with E-state index in [9.17, 15) is 9.59 Å². The second kappa shape index (κ2) is 7.17. The third kappa shape index (κ3) is 3.85. The molecular formula is C19H20N4O2. The molecule has 0 saturated carbocycles.